The van der Waals surface area contributed by atoms with Gasteiger partial charge in [-0.05, 0) is 24.6 Å². The predicted octanol–water partition coefficient (Wildman–Crippen LogP) is 1.82. The van der Waals surface area contributed by atoms with Crippen LogP contribution >= 0.6 is 11.3 Å². The highest BCUT2D eigenvalue weighted by atomic mass is 32.1. The SMILES string of the molecule is COc1cc(CNCc2csc(C)n2)ccc1OC[C@H](O)CN1CCOCC1. The molecule has 0 bridgehead atoms. The summed E-state index contributed by atoms with van der Waals surface area (Å²) in [5, 5.41) is 16.8. The van der Waals surface area contributed by atoms with Crippen LogP contribution in [0.25, 0.3) is 0 Å². The van der Waals surface area contributed by atoms with Gasteiger partial charge in [0.25, 0.3) is 0 Å². The molecule has 0 saturated carbocycles. The largest absolute Gasteiger partial charge is 0.493 e. The molecular formula is C20H29N3O4S. The second kappa shape index (κ2) is 10.7. The van der Waals surface area contributed by atoms with Crippen molar-refractivity contribution >= 4 is 11.3 Å². The van der Waals surface area contributed by atoms with E-state index in [1.54, 1.807) is 18.4 Å². The second-order valence-electron chi connectivity index (χ2n) is 6.82. The van der Waals surface area contributed by atoms with Crippen LogP contribution in [0.3, 0.4) is 0 Å². The number of aliphatic hydroxyl groups is 1. The third-order valence-corrected chi connectivity index (χ3v) is 5.36. The normalized spacial score (nSPS) is 16.1. The van der Waals surface area contributed by atoms with Crippen LogP contribution < -0.4 is 14.8 Å². The molecule has 7 nitrogen and oxygen atoms in total. The average molecular weight is 408 g/mol. The Bertz CT molecular complexity index is 734. The summed E-state index contributed by atoms with van der Waals surface area (Å²) in [6, 6.07) is 5.86. The zero-order valence-electron chi connectivity index (χ0n) is 16.5. The number of aryl methyl sites for hydroxylation is 1. The number of rotatable bonds is 10. The van der Waals surface area contributed by atoms with Gasteiger partial charge in [0.1, 0.15) is 12.7 Å². The number of hydrogen-bond donors (Lipinski definition) is 2. The summed E-state index contributed by atoms with van der Waals surface area (Å²) in [7, 11) is 1.63. The van der Waals surface area contributed by atoms with Crippen molar-refractivity contribution in [2.45, 2.75) is 26.1 Å². The smallest absolute Gasteiger partial charge is 0.161 e. The summed E-state index contributed by atoms with van der Waals surface area (Å²) in [5.74, 6) is 1.31. The van der Waals surface area contributed by atoms with E-state index >= 15 is 0 Å². The minimum Gasteiger partial charge on any atom is -0.493 e. The molecule has 3 rings (SSSR count). The van der Waals surface area contributed by atoms with Gasteiger partial charge in [-0.15, -0.1) is 11.3 Å². The number of nitrogens with one attached hydrogen (secondary N) is 1. The molecule has 1 aliphatic heterocycles. The van der Waals surface area contributed by atoms with Crippen molar-refractivity contribution in [1.82, 2.24) is 15.2 Å². The molecule has 2 heterocycles. The highest BCUT2D eigenvalue weighted by Crippen LogP contribution is 2.28. The molecule has 2 aromatic rings. The first-order chi connectivity index (χ1) is 13.6. The summed E-state index contributed by atoms with van der Waals surface area (Å²) in [6.45, 7) is 7.42. The van der Waals surface area contributed by atoms with E-state index in [0.717, 1.165) is 49.1 Å². The van der Waals surface area contributed by atoms with Gasteiger partial charge < -0.3 is 24.6 Å². The monoisotopic (exact) mass is 407 g/mol. The average Bonchev–Trinajstić information content (AvgIpc) is 3.12. The van der Waals surface area contributed by atoms with Gasteiger partial charge in [0.2, 0.25) is 0 Å². The lowest BCUT2D eigenvalue weighted by Crippen LogP contribution is -2.42. The lowest BCUT2D eigenvalue weighted by molar-refractivity contribution is 0.00445. The lowest BCUT2D eigenvalue weighted by atomic mass is 10.2. The molecule has 0 amide bonds. The number of ether oxygens (including phenoxy) is 3. The molecule has 0 unspecified atom stereocenters. The van der Waals surface area contributed by atoms with E-state index in [0.29, 0.717) is 24.6 Å². The van der Waals surface area contributed by atoms with Gasteiger partial charge in [-0.2, -0.15) is 0 Å². The molecule has 1 aliphatic rings. The number of aromatic nitrogens is 1. The zero-order chi connectivity index (χ0) is 19.8. The molecule has 1 saturated heterocycles. The van der Waals surface area contributed by atoms with Gasteiger partial charge in [0, 0.05) is 38.1 Å². The van der Waals surface area contributed by atoms with E-state index in [-0.39, 0.29) is 6.61 Å². The molecular weight excluding hydrogens is 378 g/mol. The van der Waals surface area contributed by atoms with Gasteiger partial charge in [-0.25, -0.2) is 4.98 Å². The van der Waals surface area contributed by atoms with Crippen molar-refractivity contribution in [2.75, 3.05) is 46.6 Å². The van der Waals surface area contributed by atoms with Crippen LogP contribution in [0.4, 0.5) is 0 Å². The summed E-state index contributed by atoms with van der Waals surface area (Å²) in [5.41, 5.74) is 2.16. The van der Waals surface area contributed by atoms with Crippen molar-refractivity contribution < 1.29 is 19.3 Å². The Morgan fingerprint density at radius 3 is 2.82 bits per heavy atom. The third kappa shape index (κ3) is 6.42. The predicted molar refractivity (Wildman–Crippen MR) is 109 cm³/mol. The van der Waals surface area contributed by atoms with Crippen LogP contribution in [-0.2, 0) is 17.8 Å². The number of benzene rings is 1. The number of aliphatic hydroxyl groups excluding tert-OH is 1. The van der Waals surface area contributed by atoms with E-state index in [9.17, 15) is 5.11 Å². The van der Waals surface area contributed by atoms with Crippen LogP contribution in [0.15, 0.2) is 23.6 Å². The summed E-state index contributed by atoms with van der Waals surface area (Å²) in [6.07, 6.45) is -0.550. The number of morpholine rings is 1. The zero-order valence-corrected chi connectivity index (χ0v) is 17.3. The van der Waals surface area contributed by atoms with E-state index in [1.807, 2.05) is 25.1 Å². The second-order valence-corrected chi connectivity index (χ2v) is 7.89. The molecule has 2 N–H and O–H groups in total. The number of thiazole rings is 1. The molecule has 0 radical (unpaired) electrons. The molecule has 0 spiro atoms. The molecule has 0 aliphatic carbocycles. The van der Waals surface area contributed by atoms with E-state index in [2.05, 4.69) is 20.6 Å². The number of methoxy groups -OCH3 is 1. The van der Waals surface area contributed by atoms with Crippen molar-refractivity contribution in [3.8, 4) is 11.5 Å². The summed E-state index contributed by atoms with van der Waals surface area (Å²) < 4.78 is 16.6. The number of β-amino-alcohol motifs (C(OH)–C–C–N with tert-alkyl or cyclic N) is 1. The fraction of sp³-hybridized carbons (Fsp3) is 0.550. The molecule has 1 fully saturated rings. The van der Waals surface area contributed by atoms with Gasteiger partial charge >= 0.3 is 0 Å². The Labute approximate surface area is 170 Å². The highest BCUT2D eigenvalue weighted by Gasteiger charge is 2.16. The molecule has 1 aromatic carbocycles. The van der Waals surface area contributed by atoms with E-state index in [4.69, 9.17) is 14.2 Å². The molecule has 1 atom stereocenters. The highest BCUT2D eigenvalue weighted by molar-refractivity contribution is 7.09. The maximum Gasteiger partial charge on any atom is 0.161 e. The Kier molecular flexibility index (Phi) is 8.05. The molecule has 154 valence electrons. The summed E-state index contributed by atoms with van der Waals surface area (Å²) >= 11 is 1.66. The van der Waals surface area contributed by atoms with Crippen LogP contribution in [-0.4, -0.2) is 67.7 Å². The van der Waals surface area contributed by atoms with Crippen molar-refractivity contribution in [2.24, 2.45) is 0 Å². The van der Waals surface area contributed by atoms with Crippen LogP contribution in [0.2, 0.25) is 0 Å². The van der Waals surface area contributed by atoms with Gasteiger partial charge in [-0.3, -0.25) is 4.90 Å². The number of hydrogen-bond acceptors (Lipinski definition) is 8. The minimum absolute atomic E-state index is 0.231. The first-order valence-corrected chi connectivity index (χ1v) is 10.4. The van der Waals surface area contributed by atoms with Crippen LogP contribution in [0.5, 0.6) is 11.5 Å². The first-order valence-electron chi connectivity index (χ1n) is 9.53. The fourth-order valence-electron chi connectivity index (χ4n) is 3.09. The fourth-order valence-corrected chi connectivity index (χ4v) is 3.70. The molecule has 1 aromatic heterocycles. The van der Waals surface area contributed by atoms with E-state index < -0.39 is 6.10 Å². The summed E-state index contributed by atoms with van der Waals surface area (Å²) in [4.78, 5) is 6.64. The third-order valence-electron chi connectivity index (χ3n) is 4.53. The maximum atomic E-state index is 10.2. The Hall–Kier alpha value is -1.71. The van der Waals surface area contributed by atoms with Gasteiger partial charge in [0.15, 0.2) is 11.5 Å². The standard InChI is InChI=1S/C20H29N3O4S/c1-15-22-17(14-28-15)11-21-10-16-3-4-19(20(9-16)25-2)27-13-18(24)12-23-5-7-26-8-6-23/h3-4,9,14,18,21,24H,5-8,10-13H2,1-2H3/t18-/m1/s1. The first kappa shape index (κ1) is 21.0. The van der Waals surface area contributed by atoms with E-state index in [1.165, 1.54) is 0 Å². The van der Waals surface area contributed by atoms with Crippen LogP contribution in [0, 0.1) is 6.92 Å². The maximum absolute atomic E-state index is 10.2. The van der Waals surface area contributed by atoms with Crippen molar-refractivity contribution in [3.63, 3.8) is 0 Å². The topological polar surface area (TPSA) is 76.1 Å². The van der Waals surface area contributed by atoms with Crippen molar-refractivity contribution in [3.05, 3.63) is 39.8 Å². The number of nitrogens with zero attached hydrogens (tertiary/aromatic N) is 2. The quantitative estimate of drug-likeness (QED) is 0.622. The lowest BCUT2D eigenvalue weighted by Gasteiger charge is -2.28. The van der Waals surface area contributed by atoms with Crippen LogP contribution in [0.1, 0.15) is 16.3 Å². The van der Waals surface area contributed by atoms with Gasteiger partial charge in [0.05, 0.1) is 31.0 Å². The van der Waals surface area contributed by atoms with Crippen molar-refractivity contribution in [1.29, 1.82) is 0 Å². The minimum atomic E-state index is -0.550. The Morgan fingerprint density at radius 1 is 1.29 bits per heavy atom. The Balaban J connectivity index is 1.46. The Morgan fingerprint density at radius 2 is 2.11 bits per heavy atom. The molecule has 8 heteroatoms. The van der Waals surface area contributed by atoms with Gasteiger partial charge in [-0.1, -0.05) is 6.07 Å². The molecule has 28 heavy (non-hydrogen) atoms.